The third-order valence-corrected chi connectivity index (χ3v) is 8.06. The van der Waals surface area contributed by atoms with Gasteiger partial charge in [0.1, 0.15) is 28.8 Å². The number of oxazole rings is 1. The van der Waals surface area contributed by atoms with Gasteiger partial charge in [-0.05, 0) is 54.1 Å². The summed E-state index contributed by atoms with van der Waals surface area (Å²) in [6, 6.07) is 13.2. The van der Waals surface area contributed by atoms with Crippen molar-refractivity contribution in [2.24, 2.45) is 0 Å². The minimum atomic E-state index is -3.83. The van der Waals surface area contributed by atoms with Crippen molar-refractivity contribution >= 4 is 43.8 Å². The SMILES string of the molecule is CNC(=O)c1c(-c2ccc(F)cc2)oc2cc(N(C)S(C)(=O)=O)c(-c3cc(F)cc(-c4nc5ncc(F)cc5o4)c3)cc12. The molecule has 218 valence electrons. The van der Waals surface area contributed by atoms with Crippen LogP contribution in [0.15, 0.2) is 75.7 Å². The summed E-state index contributed by atoms with van der Waals surface area (Å²) in [5.41, 5.74) is 1.60. The monoisotopic (exact) mass is 606 g/mol. The number of nitrogens with one attached hydrogen (secondary N) is 1. The Morgan fingerprint density at radius 2 is 1.58 bits per heavy atom. The number of sulfonamides is 1. The second-order valence-corrected chi connectivity index (χ2v) is 11.7. The van der Waals surface area contributed by atoms with Gasteiger partial charge in [0.05, 0.1) is 23.7 Å². The first kappa shape index (κ1) is 28.0. The first-order valence-electron chi connectivity index (χ1n) is 12.7. The third-order valence-electron chi connectivity index (χ3n) is 6.87. The quantitative estimate of drug-likeness (QED) is 0.242. The van der Waals surface area contributed by atoms with Crippen LogP contribution in [0.4, 0.5) is 18.9 Å². The molecule has 3 aromatic carbocycles. The van der Waals surface area contributed by atoms with E-state index in [0.717, 1.165) is 28.9 Å². The molecule has 0 saturated heterocycles. The Hall–Kier alpha value is -5.17. The maximum Gasteiger partial charge on any atom is 0.255 e. The summed E-state index contributed by atoms with van der Waals surface area (Å²) in [5.74, 6) is -2.25. The lowest BCUT2D eigenvalue weighted by Crippen LogP contribution is -2.25. The van der Waals surface area contributed by atoms with E-state index in [1.54, 1.807) is 0 Å². The molecule has 9 nitrogen and oxygen atoms in total. The highest BCUT2D eigenvalue weighted by atomic mass is 32.2. The lowest BCUT2D eigenvalue weighted by molar-refractivity contribution is 0.0964. The van der Waals surface area contributed by atoms with Crippen LogP contribution in [-0.4, -0.2) is 44.6 Å². The van der Waals surface area contributed by atoms with E-state index in [1.165, 1.54) is 62.6 Å². The van der Waals surface area contributed by atoms with Crippen LogP contribution < -0.4 is 9.62 Å². The zero-order valence-corrected chi connectivity index (χ0v) is 23.6. The van der Waals surface area contributed by atoms with E-state index >= 15 is 4.39 Å². The number of rotatable bonds is 6. The number of pyridine rings is 1. The number of anilines is 1. The first-order valence-corrected chi connectivity index (χ1v) is 14.5. The summed E-state index contributed by atoms with van der Waals surface area (Å²) < 4.78 is 80.5. The van der Waals surface area contributed by atoms with Gasteiger partial charge < -0.3 is 14.2 Å². The molecule has 0 aliphatic rings. The molecule has 0 spiro atoms. The summed E-state index contributed by atoms with van der Waals surface area (Å²) in [5, 5.41) is 2.86. The average molecular weight is 607 g/mol. The van der Waals surface area contributed by atoms with Crippen LogP contribution in [0.1, 0.15) is 10.4 Å². The molecule has 0 saturated carbocycles. The zero-order valence-electron chi connectivity index (χ0n) is 22.8. The first-order chi connectivity index (χ1) is 20.4. The molecule has 1 amide bonds. The number of hydrogen-bond acceptors (Lipinski definition) is 7. The van der Waals surface area contributed by atoms with E-state index in [1.807, 2.05) is 0 Å². The molecule has 1 N–H and O–H groups in total. The van der Waals surface area contributed by atoms with E-state index in [-0.39, 0.29) is 56.4 Å². The van der Waals surface area contributed by atoms with Gasteiger partial charge in [-0.1, -0.05) is 0 Å². The number of aromatic nitrogens is 2. The number of benzene rings is 3. The highest BCUT2D eigenvalue weighted by molar-refractivity contribution is 7.92. The minimum Gasteiger partial charge on any atom is -0.455 e. The van der Waals surface area contributed by atoms with Crippen LogP contribution in [-0.2, 0) is 10.0 Å². The maximum atomic E-state index is 15.1. The van der Waals surface area contributed by atoms with Crippen LogP contribution >= 0.6 is 0 Å². The summed E-state index contributed by atoms with van der Waals surface area (Å²) in [6.07, 6.45) is 1.98. The van der Waals surface area contributed by atoms with Crippen LogP contribution in [0.5, 0.6) is 0 Å². The summed E-state index contributed by atoms with van der Waals surface area (Å²) >= 11 is 0. The largest absolute Gasteiger partial charge is 0.455 e. The van der Waals surface area contributed by atoms with Gasteiger partial charge in [-0.3, -0.25) is 9.10 Å². The van der Waals surface area contributed by atoms with Crippen molar-refractivity contribution in [3.05, 3.63) is 89.9 Å². The van der Waals surface area contributed by atoms with Gasteiger partial charge in [-0.25, -0.2) is 26.6 Å². The fourth-order valence-corrected chi connectivity index (χ4v) is 5.25. The van der Waals surface area contributed by atoms with Crippen molar-refractivity contribution in [3.8, 4) is 33.9 Å². The van der Waals surface area contributed by atoms with Gasteiger partial charge in [0, 0.05) is 48.3 Å². The number of furan rings is 1. The van der Waals surface area contributed by atoms with E-state index < -0.39 is 33.4 Å². The lowest BCUT2D eigenvalue weighted by Gasteiger charge is -2.21. The highest BCUT2D eigenvalue weighted by Gasteiger charge is 2.26. The highest BCUT2D eigenvalue weighted by Crippen LogP contribution is 2.42. The van der Waals surface area contributed by atoms with Crippen molar-refractivity contribution in [2.75, 3.05) is 24.7 Å². The van der Waals surface area contributed by atoms with Crippen molar-refractivity contribution in [1.29, 1.82) is 0 Å². The fourth-order valence-electron chi connectivity index (χ4n) is 4.75. The lowest BCUT2D eigenvalue weighted by atomic mass is 9.97. The van der Waals surface area contributed by atoms with Gasteiger partial charge in [-0.15, -0.1) is 0 Å². The molecule has 3 aromatic heterocycles. The van der Waals surface area contributed by atoms with Crippen LogP contribution in [0.2, 0.25) is 0 Å². The molecule has 0 unspecified atom stereocenters. The maximum absolute atomic E-state index is 15.1. The van der Waals surface area contributed by atoms with E-state index in [9.17, 15) is 22.0 Å². The third kappa shape index (κ3) is 5.07. The normalized spacial score (nSPS) is 11.8. The molecule has 43 heavy (non-hydrogen) atoms. The van der Waals surface area contributed by atoms with Gasteiger partial charge in [-0.2, -0.15) is 4.98 Å². The molecule has 0 bridgehead atoms. The Morgan fingerprint density at radius 3 is 2.28 bits per heavy atom. The Labute approximate surface area is 242 Å². The minimum absolute atomic E-state index is 0.0408. The standard InChI is InChI=1S/C30H21F3N4O5S/c1-34-29(38)26-22-12-21(16-8-17(10-19(32)9-16)30-36-28-25(42-30)11-20(33)14-35-28)23(37(2)43(3,39)40)13-24(22)41-27(26)15-4-6-18(31)7-5-15/h4-14H,1-3H3,(H,34,38). The average Bonchev–Trinajstić information content (AvgIpc) is 3.56. The number of carbonyl (C=O) groups is 1. The molecule has 6 aromatic rings. The van der Waals surface area contributed by atoms with Gasteiger partial charge in [0.25, 0.3) is 5.91 Å². The molecular weight excluding hydrogens is 585 g/mol. The van der Waals surface area contributed by atoms with Gasteiger partial charge in [0.15, 0.2) is 11.2 Å². The number of amides is 1. The zero-order chi connectivity index (χ0) is 30.6. The van der Waals surface area contributed by atoms with Crippen LogP contribution in [0.25, 0.3) is 56.1 Å². The Balaban J connectivity index is 1.62. The van der Waals surface area contributed by atoms with Crippen molar-refractivity contribution < 1.29 is 35.2 Å². The van der Waals surface area contributed by atoms with E-state index in [2.05, 4.69) is 15.3 Å². The van der Waals surface area contributed by atoms with Crippen molar-refractivity contribution in [3.63, 3.8) is 0 Å². The van der Waals surface area contributed by atoms with E-state index in [4.69, 9.17) is 8.83 Å². The number of carbonyl (C=O) groups excluding carboxylic acids is 1. The Morgan fingerprint density at radius 1 is 0.860 bits per heavy atom. The summed E-state index contributed by atoms with van der Waals surface area (Å²) in [7, 11) is -1.07. The smallest absolute Gasteiger partial charge is 0.255 e. The molecule has 6 rings (SSSR count). The van der Waals surface area contributed by atoms with Crippen molar-refractivity contribution in [2.45, 2.75) is 0 Å². The second-order valence-electron chi connectivity index (χ2n) is 9.71. The predicted octanol–water partition coefficient (Wildman–Crippen LogP) is 6.14. The fraction of sp³-hybridized carbons (Fsp3) is 0.100. The molecule has 0 radical (unpaired) electrons. The Kier molecular flexibility index (Phi) is 6.69. The Bertz CT molecular complexity index is 2180. The number of nitrogens with zero attached hydrogens (tertiary/aromatic N) is 3. The van der Waals surface area contributed by atoms with Gasteiger partial charge >= 0.3 is 0 Å². The number of hydrogen-bond donors (Lipinski definition) is 1. The van der Waals surface area contributed by atoms with Crippen molar-refractivity contribution in [1.82, 2.24) is 15.3 Å². The van der Waals surface area contributed by atoms with Crippen LogP contribution in [0.3, 0.4) is 0 Å². The molecule has 3 heterocycles. The van der Waals surface area contributed by atoms with Crippen LogP contribution in [0, 0.1) is 17.5 Å². The summed E-state index contributed by atoms with van der Waals surface area (Å²) in [6.45, 7) is 0. The molecule has 13 heteroatoms. The molecule has 0 aliphatic heterocycles. The van der Waals surface area contributed by atoms with E-state index in [0.29, 0.717) is 10.9 Å². The predicted molar refractivity (Wildman–Crippen MR) is 154 cm³/mol. The summed E-state index contributed by atoms with van der Waals surface area (Å²) in [4.78, 5) is 21.2. The second kappa shape index (κ2) is 10.3. The number of fused-ring (bicyclic) bond motifs is 2. The molecule has 0 aliphatic carbocycles. The number of halogens is 3. The topological polar surface area (TPSA) is 119 Å². The molecule has 0 atom stereocenters. The molecule has 0 fully saturated rings. The van der Waals surface area contributed by atoms with Gasteiger partial charge in [0.2, 0.25) is 15.9 Å². The molecular formula is C30H21F3N4O5S.